The van der Waals surface area contributed by atoms with Crippen LogP contribution < -0.4 is 5.73 Å². The fourth-order valence-electron chi connectivity index (χ4n) is 1.25. The molecule has 0 saturated carbocycles. The highest BCUT2D eigenvalue weighted by atomic mass is 79.9. The largest absolute Gasteiger partial charge is 0.324 e. The van der Waals surface area contributed by atoms with Crippen molar-refractivity contribution in [2.45, 2.75) is 19.4 Å². The maximum atomic E-state index is 5.97. The Kier molecular flexibility index (Phi) is 3.70. The van der Waals surface area contributed by atoms with Gasteiger partial charge in [-0.05, 0) is 25.0 Å². The Balaban J connectivity index is 2.97. The number of aryl methyl sites for hydroxylation is 1. The minimum atomic E-state index is 0.0479. The van der Waals surface area contributed by atoms with Crippen LogP contribution in [-0.4, -0.2) is 0 Å². The first-order valence-corrected chi connectivity index (χ1v) is 5.07. The summed E-state index contributed by atoms with van der Waals surface area (Å²) in [5.74, 6) is 0. The van der Waals surface area contributed by atoms with Crippen LogP contribution in [0.1, 0.15) is 23.6 Å². The zero-order valence-corrected chi connectivity index (χ0v) is 9.34. The summed E-state index contributed by atoms with van der Waals surface area (Å²) in [5.41, 5.74) is 8.36. The lowest BCUT2D eigenvalue weighted by Crippen LogP contribution is -2.09. The molecular formula is C11H14BrN. The van der Waals surface area contributed by atoms with Gasteiger partial charge >= 0.3 is 0 Å². The average molecular weight is 240 g/mol. The maximum Gasteiger partial charge on any atom is 0.0341 e. The number of rotatable bonds is 3. The zero-order valence-electron chi connectivity index (χ0n) is 7.76. The van der Waals surface area contributed by atoms with Crippen molar-refractivity contribution < 1.29 is 0 Å². The van der Waals surface area contributed by atoms with Gasteiger partial charge in [0.1, 0.15) is 0 Å². The normalized spacial score (nSPS) is 12.5. The fourth-order valence-corrected chi connectivity index (χ4v) is 1.79. The molecule has 1 aromatic carbocycles. The van der Waals surface area contributed by atoms with Crippen molar-refractivity contribution in [2.75, 3.05) is 0 Å². The van der Waals surface area contributed by atoms with Crippen LogP contribution in [0, 0.1) is 6.92 Å². The van der Waals surface area contributed by atoms with E-state index in [0.29, 0.717) is 0 Å². The van der Waals surface area contributed by atoms with E-state index in [1.54, 1.807) is 0 Å². The minimum absolute atomic E-state index is 0.0479. The molecule has 0 saturated heterocycles. The highest BCUT2D eigenvalue weighted by molar-refractivity contribution is 9.10. The third-order valence-electron chi connectivity index (χ3n) is 1.97. The summed E-state index contributed by atoms with van der Waals surface area (Å²) in [7, 11) is 0. The van der Waals surface area contributed by atoms with Crippen molar-refractivity contribution >= 4 is 15.9 Å². The van der Waals surface area contributed by atoms with Gasteiger partial charge in [0, 0.05) is 10.5 Å². The van der Waals surface area contributed by atoms with Crippen LogP contribution in [-0.2, 0) is 0 Å². The van der Waals surface area contributed by atoms with Crippen molar-refractivity contribution in [3.8, 4) is 0 Å². The summed E-state index contributed by atoms with van der Waals surface area (Å²) >= 11 is 3.49. The molecule has 0 aliphatic heterocycles. The van der Waals surface area contributed by atoms with E-state index >= 15 is 0 Å². The predicted octanol–water partition coefficient (Wildman–Crippen LogP) is 3.33. The van der Waals surface area contributed by atoms with Crippen molar-refractivity contribution in [2.24, 2.45) is 5.73 Å². The van der Waals surface area contributed by atoms with Gasteiger partial charge in [0.25, 0.3) is 0 Å². The topological polar surface area (TPSA) is 26.0 Å². The van der Waals surface area contributed by atoms with Gasteiger partial charge in [-0.3, -0.25) is 0 Å². The van der Waals surface area contributed by atoms with E-state index in [2.05, 4.69) is 41.6 Å². The van der Waals surface area contributed by atoms with Gasteiger partial charge in [-0.2, -0.15) is 0 Å². The molecule has 70 valence electrons. The average Bonchev–Trinajstić information content (AvgIpc) is 2.09. The molecule has 0 aromatic heterocycles. The molecule has 1 rings (SSSR count). The van der Waals surface area contributed by atoms with Gasteiger partial charge in [0.15, 0.2) is 0 Å². The van der Waals surface area contributed by atoms with E-state index in [1.807, 2.05) is 12.1 Å². The van der Waals surface area contributed by atoms with Crippen molar-refractivity contribution in [3.05, 3.63) is 46.5 Å². The quantitative estimate of drug-likeness (QED) is 0.805. The van der Waals surface area contributed by atoms with Gasteiger partial charge in [0.05, 0.1) is 0 Å². The van der Waals surface area contributed by atoms with Crippen LogP contribution in [0.2, 0.25) is 0 Å². The molecule has 0 fully saturated rings. The molecule has 2 heteroatoms. The van der Waals surface area contributed by atoms with Crippen LogP contribution in [0.25, 0.3) is 0 Å². The fraction of sp³-hybridized carbons (Fsp3) is 0.273. The second-order valence-corrected chi connectivity index (χ2v) is 4.01. The molecule has 0 aliphatic carbocycles. The molecular weight excluding hydrogens is 226 g/mol. The second-order valence-electron chi connectivity index (χ2n) is 3.16. The first-order valence-electron chi connectivity index (χ1n) is 4.27. The number of nitrogens with two attached hydrogens (primary N) is 1. The Hall–Kier alpha value is -0.600. The highest BCUT2D eigenvalue weighted by Crippen LogP contribution is 2.25. The summed E-state index contributed by atoms with van der Waals surface area (Å²) in [6.45, 7) is 5.75. The summed E-state index contributed by atoms with van der Waals surface area (Å²) in [5, 5.41) is 0. The van der Waals surface area contributed by atoms with Gasteiger partial charge in [0.2, 0.25) is 0 Å². The molecule has 0 amide bonds. The lowest BCUT2D eigenvalue weighted by molar-refractivity contribution is 0.737. The zero-order chi connectivity index (χ0) is 9.84. The van der Waals surface area contributed by atoms with Crippen LogP contribution in [0.15, 0.2) is 35.3 Å². The van der Waals surface area contributed by atoms with Gasteiger partial charge in [-0.25, -0.2) is 0 Å². The Morgan fingerprint density at radius 3 is 2.92 bits per heavy atom. The predicted molar refractivity (Wildman–Crippen MR) is 60.6 cm³/mol. The lowest BCUT2D eigenvalue weighted by Gasteiger charge is -2.12. The SMILES string of the molecule is C=CC[C@@H](N)c1cc(C)ccc1Br. The van der Waals surface area contributed by atoms with Gasteiger partial charge in [-0.15, -0.1) is 6.58 Å². The standard InChI is InChI=1S/C11H14BrN/c1-3-4-11(13)9-7-8(2)5-6-10(9)12/h3,5-7,11H,1,4,13H2,2H3/t11-/m1/s1. The maximum absolute atomic E-state index is 5.97. The Labute approximate surface area is 87.8 Å². The van der Waals surface area contributed by atoms with Crippen molar-refractivity contribution in [1.29, 1.82) is 0 Å². The van der Waals surface area contributed by atoms with Crippen molar-refractivity contribution in [1.82, 2.24) is 0 Å². The van der Waals surface area contributed by atoms with E-state index in [9.17, 15) is 0 Å². The first kappa shape index (κ1) is 10.5. The second kappa shape index (κ2) is 4.58. The van der Waals surface area contributed by atoms with Gasteiger partial charge in [-0.1, -0.05) is 39.7 Å². The molecule has 1 aromatic rings. The van der Waals surface area contributed by atoms with E-state index in [0.717, 1.165) is 16.5 Å². The Bertz CT molecular complexity index is 307. The van der Waals surface area contributed by atoms with Crippen LogP contribution in [0.4, 0.5) is 0 Å². The third kappa shape index (κ3) is 2.68. The number of hydrogen-bond acceptors (Lipinski definition) is 1. The molecule has 13 heavy (non-hydrogen) atoms. The summed E-state index contributed by atoms with van der Waals surface area (Å²) < 4.78 is 1.08. The van der Waals surface area contributed by atoms with Crippen LogP contribution in [0.5, 0.6) is 0 Å². The molecule has 1 nitrogen and oxygen atoms in total. The summed E-state index contributed by atoms with van der Waals surface area (Å²) in [6.07, 6.45) is 2.65. The molecule has 0 heterocycles. The van der Waals surface area contributed by atoms with E-state index in [4.69, 9.17) is 5.73 Å². The van der Waals surface area contributed by atoms with E-state index < -0.39 is 0 Å². The van der Waals surface area contributed by atoms with Crippen molar-refractivity contribution in [3.63, 3.8) is 0 Å². The molecule has 0 bridgehead atoms. The number of benzene rings is 1. The Morgan fingerprint density at radius 2 is 2.31 bits per heavy atom. The van der Waals surface area contributed by atoms with E-state index in [1.165, 1.54) is 5.56 Å². The van der Waals surface area contributed by atoms with E-state index in [-0.39, 0.29) is 6.04 Å². The molecule has 2 N–H and O–H groups in total. The third-order valence-corrected chi connectivity index (χ3v) is 2.69. The molecule has 1 atom stereocenters. The molecule has 0 radical (unpaired) electrons. The lowest BCUT2D eigenvalue weighted by atomic mass is 10.0. The molecule has 0 spiro atoms. The van der Waals surface area contributed by atoms with Crippen LogP contribution >= 0.6 is 15.9 Å². The Morgan fingerprint density at radius 1 is 1.62 bits per heavy atom. The summed E-state index contributed by atoms with van der Waals surface area (Å²) in [6, 6.07) is 6.26. The number of hydrogen-bond donors (Lipinski definition) is 1. The van der Waals surface area contributed by atoms with Crippen LogP contribution in [0.3, 0.4) is 0 Å². The minimum Gasteiger partial charge on any atom is -0.324 e. The monoisotopic (exact) mass is 239 g/mol. The molecule has 0 unspecified atom stereocenters. The number of halogens is 1. The summed E-state index contributed by atoms with van der Waals surface area (Å²) in [4.78, 5) is 0. The first-order chi connectivity index (χ1) is 6.15. The smallest absolute Gasteiger partial charge is 0.0341 e. The molecule has 0 aliphatic rings. The highest BCUT2D eigenvalue weighted by Gasteiger charge is 2.07. The van der Waals surface area contributed by atoms with Gasteiger partial charge < -0.3 is 5.73 Å².